The van der Waals surface area contributed by atoms with Crippen LogP contribution in [0.3, 0.4) is 0 Å². The summed E-state index contributed by atoms with van der Waals surface area (Å²) in [6, 6.07) is 0. The van der Waals surface area contributed by atoms with Crippen LogP contribution in [0.5, 0.6) is 0 Å². The first-order valence-electron chi connectivity index (χ1n) is 6.24. The maximum atomic E-state index is 12.8. The summed E-state index contributed by atoms with van der Waals surface area (Å²) in [5.41, 5.74) is 0.715. The molecular formula is C12H15ClF3N3. The first-order chi connectivity index (χ1) is 8.93. The van der Waals surface area contributed by atoms with E-state index in [9.17, 15) is 13.2 Å². The molecule has 1 aromatic heterocycles. The van der Waals surface area contributed by atoms with Crippen LogP contribution in [-0.2, 0) is 6.42 Å². The molecule has 3 nitrogen and oxygen atoms in total. The van der Waals surface area contributed by atoms with Crippen molar-refractivity contribution < 1.29 is 13.2 Å². The van der Waals surface area contributed by atoms with Crippen molar-refractivity contribution in [3.8, 4) is 0 Å². The van der Waals surface area contributed by atoms with Gasteiger partial charge in [-0.3, -0.25) is 0 Å². The molecule has 1 aliphatic rings. The second-order valence-corrected chi connectivity index (χ2v) is 5.00. The third kappa shape index (κ3) is 3.11. The summed E-state index contributed by atoms with van der Waals surface area (Å²) in [7, 11) is 0. The molecule has 106 valence electrons. The van der Waals surface area contributed by atoms with E-state index in [2.05, 4.69) is 9.97 Å². The summed E-state index contributed by atoms with van der Waals surface area (Å²) in [6.07, 6.45) is -1.56. The largest absolute Gasteiger partial charge is 0.393 e. The smallest absolute Gasteiger partial charge is 0.356 e. The zero-order valence-corrected chi connectivity index (χ0v) is 11.3. The van der Waals surface area contributed by atoms with E-state index < -0.39 is 12.1 Å². The fraction of sp³-hybridized carbons (Fsp3) is 0.667. The van der Waals surface area contributed by atoms with Crippen LogP contribution in [0.4, 0.5) is 19.0 Å². The molecular weight excluding hydrogens is 279 g/mol. The third-order valence-electron chi connectivity index (χ3n) is 3.41. The molecule has 2 heterocycles. The molecule has 19 heavy (non-hydrogen) atoms. The van der Waals surface area contributed by atoms with Gasteiger partial charge < -0.3 is 4.90 Å². The summed E-state index contributed by atoms with van der Waals surface area (Å²) in [4.78, 5) is 9.67. The predicted octanol–water partition coefficient (Wildman–Crippen LogP) is 3.47. The molecule has 0 spiro atoms. The number of piperidine rings is 1. The molecule has 0 radical (unpaired) electrons. The summed E-state index contributed by atoms with van der Waals surface area (Å²) < 4.78 is 38.4. The molecule has 1 saturated heterocycles. The van der Waals surface area contributed by atoms with Crippen molar-refractivity contribution in [3.05, 3.63) is 17.0 Å². The zero-order chi connectivity index (χ0) is 14.0. The molecule has 0 aliphatic carbocycles. The van der Waals surface area contributed by atoms with Gasteiger partial charge in [0.25, 0.3) is 0 Å². The van der Waals surface area contributed by atoms with E-state index in [-0.39, 0.29) is 13.0 Å². The highest BCUT2D eigenvalue weighted by Crippen LogP contribution is 2.35. The van der Waals surface area contributed by atoms with Crippen molar-refractivity contribution in [2.45, 2.75) is 32.4 Å². The number of aromatic nitrogens is 2. The summed E-state index contributed by atoms with van der Waals surface area (Å²) in [6.45, 7) is 2.41. The van der Waals surface area contributed by atoms with Gasteiger partial charge in [0.05, 0.1) is 5.92 Å². The number of halogens is 4. The Bertz CT molecular complexity index is 450. The van der Waals surface area contributed by atoms with Gasteiger partial charge in [-0.1, -0.05) is 18.5 Å². The van der Waals surface area contributed by atoms with Gasteiger partial charge in [-0.05, 0) is 19.3 Å². The summed E-state index contributed by atoms with van der Waals surface area (Å²) >= 11 is 5.98. The van der Waals surface area contributed by atoms with Crippen molar-refractivity contribution in [1.29, 1.82) is 0 Å². The maximum Gasteiger partial charge on any atom is 0.393 e. The lowest BCUT2D eigenvalue weighted by Gasteiger charge is -2.35. The molecule has 7 heteroatoms. The number of hydrogen-bond donors (Lipinski definition) is 0. The average molecular weight is 294 g/mol. The van der Waals surface area contributed by atoms with Crippen LogP contribution in [0.2, 0.25) is 5.15 Å². The van der Waals surface area contributed by atoms with E-state index in [0.717, 1.165) is 0 Å². The molecule has 1 unspecified atom stereocenters. The zero-order valence-electron chi connectivity index (χ0n) is 10.5. The first-order valence-corrected chi connectivity index (χ1v) is 6.62. The minimum absolute atomic E-state index is 0.0517. The highest BCUT2D eigenvalue weighted by molar-refractivity contribution is 6.30. The first kappa shape index (κ1) is 14.4. The van der Waals surface area contributed by atoms with Crippen molar-refractivity contribution in [1.82, 2.24) is 9.97 Å². The van der Waals surface area contributed by atoms with Crippen LogP contribution in [0.25, 0.3) is 0 Å². The average Bonchev–Trinajstić information content (AvgIpc) is 2.37. The molecule has 1 fully saturated rings. The Kier molecular flexibility index (Phi) is 4.18. The van der Waals surface area contributed by atoms with Gasteiger partial charge in [0, 0.05) is 18.7 Å². The minimum atomic E-state index is -4.15. The molecule has 1 atom stereocenters. The van der Waals surface area contributed by atoms with E-state index in [4.69, 9.17) is 11.6 Å². The fourth-order valence-electron chi connectivity index (χ4n) is 2.40. The number of anilines is 1. The quantitative estimate of drug-likeness (QED) is 0.782. The van der Waals surface area contributed by atoms with Gasteiger partial charge in [-0.25, -0.2) is 9.97 Å². The van der Waals surface area contributed by atoms with E-state index in [1.54, 1.807) is 4.90 Å². The number of hydrogen-bond acceptors (Lipinski definition) is 3. The van der Waals surface area contributed by atoms with E-state index in [0.29, 0.717) is 35.9 Å². The SMILES string of the molecule is CCc1c(Cl)ncnc1N1CCCC(C(F)(F)F)C1. The van der Waals surface area contributed by atoms with Crippen molar-refractivity contribution in [2.24, 2.45) is 5.92 Å². The third-order valence-corrected chi connectivity index (χ3v) is 3.73. The van der Waals surface area contributed by atoms with Gasteiger partial charge in [0.1, 0.15) is 17.3 Å². The molecule has 1 aromatic rings. The fourth-order valence-corrected chi connectivity index (χ4v) is 2.66. The van der Waals surface area contributed by atoms with E-state index >= 15 is 0 Å². The Labute approximate surface area is 114 Å². The highest BCUT2D eigenvalue weighted by Gasteiger charge is 2.42. The highest BCUT2D eigenvalue weighted by atomic mass is 35.5. The molecule has 1 aliphatic heterocycles. The number of nitrogens with zero attached hydrogens (tertiary/aromatic N) is 3. The topological polar surface area (TPSA) is 29.0 Å². The number of alkyl halides is 3. The molecule has 0 aromatic carbocycles. The molecule has 2 rings (SSSR count). The Morgan fingerprint density at radius 3 is 2.79 bits per heavy atom. The Morgan fingerprint density at radius 1 is 1.42 bits per heavy atom. The van der Waals surface area contributed by atoms with Gasteiger partial charge >= 0.3 is 6.18 Å². The van der Waals surface area contributed by atoms with E-state index in [1.807, 2.05) is 6.92 Å². The van der Waals surface area contributed by atoms with E-state index in [1.165, 1.54) is 6.33 Å². The van der Waals surface area contributed by atoms with Crippen molar-refractivity contribution in [3.63, 3.8) is 0 Å². The van der Waals surface area contributed by atoms with Gasteiger partial charge in [0.15, 0.2) is 0 Å². The Balaban J connectivity index is 2.25. The molecule has 0 amide bonds. The molecule has 0 saturated carbocycles. The lowest BCUT2D eigenvalue weighted by Crippen LogP contribution is -2.42. The lowest BCUT2D eigenvalue weighted by molar-refractivity contribution is -0.176. The van der Waals surface area contributed by atoms with Gasteiger partial charge in [-0.15, -0.1) is 0 Å². The monoisotopic (exact) mass is 293 g/mol. The summed E-state index contributed by atoms with van der Waals surface area (Å²) in [5.74, 6) is -0.754. The number of rotatable bonds is 2. The van der Waals surface area contributed by atoms with Gasteiger partial charge in [0.2, 0.25) is 0 Å². The van der Waals surface area contributed by atoms with Crippen LogP contribution in [0, 0.1) is 5.92 Å². The second kappa shape index (κ2) is 5.53. The molecule has 0 N–H and O–H groups in total. The maximum absolute atomic E-state index is 12.8. The summed E-state index contributed by atoms with van der Waals surface area (Å²) in [5, 5.41) is 0.321. The Hall–Kier alpha value is -1.04. The van der Waals surface area contributed by atoms with Crippen LogP contribution in [0.1, 0.15) is 25.3 Å². The minimum Gasteiger partial charge on any atom is -0.356 e. The van der Waals surface area contributed by atoms with Crippen LogP contribution >= 0.6 is 11.6 Å². The predicted molar refractivity (Wildman–Crippen MR) is 67.4 cm³/mol. The standard InChI is InChI=1S/C12H15ClF3N3/c1-2-9-10(13)17-7-18-11(9)19-5-3-4-8(6-19)12(14,15)16/h7-8H,2-6H2,1H3. The van der Waals surface area contributed by atoms with Crippen LogP contribution in [-0.4, -0.2) is 29.2 Å². The van der Waals surface area contributed by atoms with Gasteiger partial charge in [-0.2, -0.15) is 13.2 Å². The second-order valence-electron chi connectivity index (χ2n) is 4.65. The normalized spacial score (nSPS) is 20.7. The lowest BCUT2D eigenvalue weighted by atomic mass is 9.97. The van der Waals surface area contributed by atoms with Crippen LogP contribution < -0.4 is 4.90 Å². The van der Waals surface area contributed by atoms with Crippen molar-refractivity contribution >= 4 is 17.4 Å². The van der Waals surface area contributed by atoms with Crippen molar-refractivity contribution in [2.75, 3.05) is 18.0 Å². The molecule has 0 bridgehead atoms. The van der Waals surface area contributed by atoms with Crippen LogP contribution in [0.15, 0.2) is 6.33 Å². The Morgan fingerprint density at radius 2 is 2.16 bits per heavy atom.